The number of nitrogens with one attached hydrogen (secondary N) is 2. The van der Waals surface area contributed by atoms with Crippen LogP contribution >= 0.6 is 0 Å². The van der Waals surface area contributed by atoms with Crippen LogP contribution in [0.3, 0.4) is 0 Å². The van der Waals surface area contributed by atoms with E-state index in [1.54, 1.807) is 48.5 Å². The average molecular weight is 485 g/mol. The summed E-state index contributed by atoms with van der Waals surface area (Å²) >= 11 is 0. The fourth-order valence-corrected chi connectivity index (χ4v) is 4.25. The van der Waals surface area contributed by atoms with Gasteiger partial charge in [0.05, 0.1) is 31.6 Å². The third-order valence-electron chi connectivity index (χ3n) is 4.76. The summed E-state index contributed by atoms with van der Waals surface area (Å²) in [4.78, 5) is 12.6. The molecule has 8 nitrogen and oxygen atoms in total. The van der Waals surface area contributed by atoms with Gasteiger partial charge in [0.15, 0.2) is 11.5 Å². The summed E-state index contributed by atoms with van der Waals surface area (Å²) in [5.41, 5.74) is 1.68. The maximum Gasteiger partial charge on any atom is 0.261 e. The number of rotatable bonds is 11. The lowest BCUT2D eigenvalue weighted by molar-refractivity contribution is -0.115. The molecule has 3 aromatic carbocycles. The maximum absolute atomic E-state index is 12.6. The van der Waals surface area contributed by atoms with Crippen molar-refractivity contribution in [3.8, 4) is 17.2 Å². The Hall–Kier alpha value is -3.72. The van der Waals surface area contributed by atoms with Crippen molar-refractivity contribution in [1.29, 1.82) is 0 Å². The highest BCUT2D eigenvalue weighted by atomic mass is 32.2. The summed E-state index contributed by atoms with van der Waals surface area (Å²) in [5.74, 6) is 1.61. The lowest BCUT2D eigenvalue weighted by Crippen LogP contribution is -2.15. The van der Waals surface area contributed by atoms with Gasteiger partial charge in [-0.1, -0.05) is 6.07 Å². The van der Waals surface area contributed by atoms with Crippen molar-refractivity contribution in [3.63, 3.8) is 0 Å². The Morgan fingerprint density at radius 1 is 0.824 bits per heavy atom. The normalized spacial score (nSPS) is 10.9. The molecule has 0 aliphatic rings. The van der Waals surface area contributed by atoms with Crippen LogP contribution in [0.2, 0.25) is 0 Å². The number of sulfonamides is 1. The molecule has 34 heavy (non-hydrogen) atoms. The lowest BCUT2D eigenvalue weighted by atomic mass is 10.1. The lowest BCUT2D eigenvalue weighted by Gasteiger charge is -2.13. The second kappa shape index (κ2) is 11.4. The highest BCUT2D eigenvalue weighted by Crippen LogP contribution is 2.29. The van der Waals surface area contributed by atoms with E-state index in [2.05, 4.69) is 10.0 Å². The molecule has 0 radical (unpaired) electrons. The topological polar surface area (TPSA) is 103 Å². The molecule has 0 aliphatic heterocycles. The smallest absolute Gasteiger partial charge is 0.261 e. The Bertz CT molecular complexity index is 1210. The second-order valence-corrected chi connectivity index (χ2v) is 8.91. The Morgan fingerprint density at radius 3 is 2.06 bits per heavy atom. The van der Waals surface area contributed by atoms with E-state index in [-0.39, 0.29) is 17.2 Å². The van der Waals surface area contributed by atoms with Crippen LogP contribution < -0.4 is 24.2 Å². The molecule has 2 N–H and O–H groups in total. The molecule has 0 unspecified atom stereocenters. The van der Waals surface area contributed by atoms with Gasteiger partial charge >= 0.3 is 0 Å². The molecule has 3 rings (SSSR count). The van der Waals surface area contributed by atoms with Crippen molar-refractivity contribution in [3.05, 3.63) is 72.3 Å². The van der Waals surface area contributed by atoms with E-state index in [0.717, 1.165) is 5.56 Å². The molecule has 0 atom stereocenters. The van der Waals surface area contributed by atoms with Gasteiger partial charge in [-0.05, 0) is 80.1 Å². The standard InChI is InChI=1S/C25H28N2O6S/c1-4-32-23-15-6-18(16-24(23)33-5-2)17-25(28)26-19-9-13-22(14-10-19)34(29,30)27-20-7-11-21(31-3)12-8-20/h6-16,27H,4-5,17H2,1-3H3,(H,26,28). The highest BCUT2D eigenvalue weighted by Gasteiger charge is 2.15. The van der Waals surface area contributed by atoms with Crippen LogP contribution in [0.5, 0.6) is 17.2 Å². The number of benzene rings is 3. The van der Waals surface area contributed by atoms with Crippen molar-refractivity contribution >= 4 is 27.3 Å². The molecule has 9 heteroatoms. The highest BCUT2D eigenvalue weighted by molar-refractivity contribution is 7.92. The van der Waals surface area contributed by atoms with Crippen molar-refractivity contribution in [2.24, 2.45) is 0 Å². The van der Waals surface area contributed by atoms with Crippen LogP contribution in [0.1, 0.15) is 19.4 Å². The summed E-state index contributed by atoms with van der Waals surface area (Å²) in [5, 5.41) is 2.78. The number of carbonyl (C=O) groups excluding carboxylic acids is 1. The first-order chi connectivity index (χ1) is 16.3. The Labute approximate surface area is 199 Å². The molecule has 1 amide bonds. The van der Waals surface area contributed by atoms with E-state index in [0.29, 0.717) is 41.8 Å². The molecule has 0 aliphatic carbocycles. The van der Waals surface area contributed by atoms with Gasteiger partial charge in [0.2, 0.25) is 5.91 Å². The van der Waals surface area contributed by atoms with Crippen molar-refractivity contribution in [1.82, 2.24) is 0 Å². The predicted octanol–water partition coefficient (Wildman–Crippen LogP) is 4.47. The minimum atomic E-state index is -3.78. The fourth-order valence-electron chi connectivity index (χ4n) is 3.19. The molecule has 0 bridgehead atoms. The first-order valence-electron chi connectivity index (χ1n) is 10.8. The van der Waals surface area contributed by atoms with Gasteiger partial charge < -0.3 is 19.5 Å². The molecule has 3 aromatic rings. The first-order valence-corrected chi connectivity index (χ1v) is 12.3. The van der Waals surface area contributed by atoms with Crippen LogP contribution in [0.25, 0.3) is 0 Å². The maximum atomic E-state index is 12.6. The van der Waals surface area contributed by atoms with Gasteiger partial charge in [0, 0.05) is 11.4 Å². The molecule has 0 aromatic heterocycles. The van der Waals surface area contributed by atoms with Crippen LogP contribution in [0, 0.1) is 0 Å². The number of ether oxygens (including phenoxy) is 3. The number of carbonyl (C=O) groups is 1. The Kier molecular flexibility index (Phi) is 8.37. The molecule has 0 saturated heterocycles. The van der Waals surface area contributed by atoms with Gasteiger partial charge in [-0.3, -0.25) is 9.52 Å². The fraction of sp³-hybridized carbons (Fsp3) is 0.240. The third kappa shape index (κ3) is 6.64. The van der Waals surface area contributed by atoms with Crippen molar-refractivity contribution in [2.75, 3.05) is 30.4 Å². The van der Waals surface area contributed by atoms with E-state index < -0.39 is 10.0 Å². The molecule has 180 valence electrons. The number of hydrogen-bond donors (Lipinski definition) is 2. The number of methoxy groups -OCH3 is 1. The summed E-state index contributed by atoms with van der Waals surface area (Å²) in [7, 11) is -2.24. The van der Waals surface area contributed by atoms with Gasteiger partial charge in [-0.2, -0.15) is 0 Å². The van der Waals surface area contributed by atoms with E-state index in [1.165, 1.54) is 19.2 Å². The van der Waals surface area contributed by atoms with Gasteiger partial charge in [-0.25, -0.2) is 8.42 Å². The van der Waals surface area contributed by atoms with Crippen LogP contribution in [0.15, 0.2) is 71.6 Å². The monoisotopic (exact) mass is 484 g/mol. The zero-order chi connectivity index (χ0) is 24.6. The van der Waals surface area contributed by atoms with Crippen LogP contribution in [0.4, 0.5) is 11.4 Å². The molecule has 0 spiro atoms. The number of amides is 1. The SMILES string of the molecule is CCOc1ccc(CC(=O)Nc2ccc(S(=O)(=O)Nc3ccc(OC)cc3)cc2)cc1OCC. The molecular formula is C25H28N2O6S. The van der Waals surface area contributed by atoms with E-state index >= 15 is 0 Å². The van der Waals surface area contributed by atoms with E-state index in [4.69, 9.17) is 14.2 Å². The second-order valence-electron chi connectivity index (χ2n) is 7.23. The van der Waals surface area contributed by atoms with Gasteiger partial charge in [0.25, 0.3) is 10.0 Å². The molecule has 0 saturated carbocycles. The van der Waals surface area contributed by atoms with Gasteiger partial charge in [-0.15, -0.1) is 0 Å². The molecule has 0 fully saturated rings. The van der Waals surface area contributed by atoms with E-state index in [9.17, 15) is 13.2 Å². The van der Waals surface area contributed by atoms with Crippen LogP contribution in [-0.2, 0) is 21.2 Å². The molecular weight excluding hydrogens is 456 g/mol. The summed E-state index contributed by atoms with van der Waals surface area (Å²) in [6.45, 7) is 4.77. The Morgan fingerprint density at radius 2 is 1.44 bits per heavy atom. The first kappa shape index (κ1) is 24.9. The van der Waals surface area contributed by atoms with Crippen molar-refractivity contribution < 1.29 is 27.4 Å². The zero-order valence-corrected chi connectivity index (χ0v) is 20.1. The summed E-state index contributed by atoms with van der Waals surface area (Å²) in [6, 6.07) is 17.9. The number of anilines is 2. The summed E-state index contributed by atoms with van der Waals surface area (Å²) < 4.78 is 44.0. The minimum absolute atomic E-state index is 0.0780. The minimum Gasteiger partial charge on any atom is -0.497 e. The molecule has 0 heterocycles. The zero-order valence-electron chi connectivity index (χ0n) is 19.3. The summed E-state index contributed by atoms with van der Waals surface area (Å²) in [6.07, 6.45) is 0.131. The van der Waals surface area contributed by atoms with Crippen molar-refractivity contribution in [2.45, 2.75) is 25.2 Å². The van der Waals surface area contributed by atoms with Crippen LogP contribution in [-0.4, -0.2) is 34.6 Å². The average Bonchev–Trinajstić information content (AvgIpc) is 2.81. The Balaban J connectivity index is 1.63. The van der Waals surface area contributed by atoms with Gasteiger partial charge in [0.1, 0.15) is 5.75 Å². The van der Waals surface area contributed by atoms with E-state index in [1.807, 2.05) is 19.9 Å². The number of hydrogen-bond acceptors (Lipinski definition) is 6. The predicted molar refractivity (Wildman–Crippen MR) is 131 cm³/mol. The quantitative estimate of drug-likeness (QED) is 0.416. The largest absolute Gasteiger partial charge is 0.497 e. The third-order valence-corrected chi connectivity index (χ3v) is 6.16.